The Morgan fingerprint density at radius 2 is 1.81 bits per heavy atom. The van der Waals surface area contributed by atoms with Crippen molar-refractivity contribution in [1.82, 2.24) is 9.97 Å². The predicted molar refractivity (Wildman–Crippen MR) is 132 cm³/mol. The van der Waals surface area contributed by atoms with Gasteiger partial charge < -0.3 is 50.8 Å². The van der Waals surface area contributed by atoms with Gasteiger partial charge in [-0.3, -0.25) is 0 Å². The Labute approximate surface area is 222 Å². The molecule has 1 aliphatic carbocycles. The van der Waals surface area contributed by atoms with E-state index in [4.69, 9.17) is 57.1 Å². The quantitative estimate of drug-likeness (QED) is 0.107. The summed E-state index contributed by atoms with van der Waals surface area (Å²) in [5.41, 5.74) is 6.41. The average Bonchev–Trinajstić information content (AvgIpc) is 3.31. The van der Waals surface area contributed by atoms with Crippen LogP contribution >= 0.6 is 23.4 Å². The number of carbonyl (C=O) groups is 2. The van der Waals surface area contributed by atoms with Crippen LogP contribution in [0.15, 0.2) is 5.16 Å². The van der Waals surface area contributed by atoms with Gasteiger partial charge in [-0.2, -0.15) is 0 Å². The summed E-state index contributed by atoms with van der Waals surface area (Å²) in [5.74, 6) is -2.85. The number of carboxylic acids is 2. The highest BCUT2D eigenvalue weighted by Gasteiger charge is 2.54. The normalized spacial score (nSPS) is 25.5. The van der Waals surface area contributed by atoms with Gasteiger partial charge in [-0.25, -0.2) is 19.6 Å². The second-order valence-electron chi connectivity index (χ2n) is 8.66. The van der Waals surface area contributed by atoms with Crippen LogP contribution in [0.3, 0.4) is 0 Å². The highest BCUT2D eigenvalue weighted by Crippen LogP contribution is 2.41. The Hall–Kier alpha value is -1.98. The van der Waals surface area contributed by atoms with Gasteiger partial charge in [0.15, 0.2) is 34.1 Å². The SMILES string of the molecule is CCCSc1nc(Cl)c(N)c(N[C@@H]2C[C@H](OCCO)[C@H]3OC(C)(C)O[C@H]32)n1.O=C(O)[C@H](O)[C@@H](O)C(=O)O. The first-order valence-electron chi connectivity index (χ1n) is 11.4. The van der Waals surface area contributed by atoms with Gasteiger partial charge in [0.25, 0.3) is 0 Å². The Balaban J connectivity index is 0.000000410. The molecule has 8 N–H and O–H groups in total. The number of rotatable bonds is 11. The molecule has 16 heteroatoms. The predicted octanol–water partition coefficient (Wildman–Crippen LogP) is 0.174. The van der Waals surface area contributed by atoms with Gasteiger partial charge in [0, 0.05) is 5.75 Å². The Bertz CT molecular complexity index is 925. The highest BCUT2D eigenvalue weighted by atomic mass is 35.5. The van der Waals surface area contributed by atoms with Crippen LogP contribution in [0.5, 0.6) is 0 Å². The number of halogens is 1. The maximum Gasteiger partial charge on any atom is 0.335 e. The lowest BCUT2D eigenvalue weighted by atomic mass is 10.2. The first kappa shape index (κ1) is 31.2. The lowest BCUT2D eigenvalue weighted by Gasteiger charge is -2.24. The molecule has 1 aromatic rings. The van der Waals surface area contributed by atoms with Crippen molar-refractivity contribution in [2.45, 2.75) is 81.1 Å². The van der Waals surface area contributed by atoms with Gasteiger partial charge in [-0.15, -0.1) is 0 Å². The first-order chi connectivity index (χ1) is 17.3. The van der Waals surface area contributed by atoms with E-state index in [1.807, 2.05) is 13.8 Å². The standard InChI is InChI=1S/C17H27ClN4O4S.C4H6O6/c1-4-7-27-16-21-14(18)11(19)15(22-16)20-9-8-10(24-6-5-23)13-12(9)25-17(2,3)26-13;5-1(3(7)8)2(6)4(9)10/h9-10,12-13,23H,4-8,19H2,1-3H3,(H,20,21,22);1-2,5-6H,(H,7,8)(H,9,10)/t9-,10+,12+,13-;1-,2-/m11/s1. The summed E-state index contributed by atoms with van der Waals surface area (Å²) >= 11 is 7.73. The molecule has 3 rings (SSSR count). The number of fused-ring (bicyclic) bond motifs is 1. The zero-order chi connectivity index (χ0) is 27.9. The van der Waals surface area contributed by atoms with Crippen molar-refractivity contribution in [3.8, 4) is 0 Å². The molecule has 0 aromatic carbocycles. The second-order valence-corrected chi connectivity index (χ2v) is 10.1. The Morgan fingerprint density at radius 3 is 2.35 bits per heavy atom. The average molecular weight is 569 g/mol. The van der Waals surface area contributed by atoms with E-state index in [9.17, 15) is 9.59 Å². The number of nitrogens with one attached hydrogen (secondary N) is 1. The fourth-order valence-corrected chi connectivity index (χ4v) is 4.60. The maximum absolute atomic E-state index is 9.77. The van der Waals surface area contributed by atoms with Crippen LogP contribution < -0.4 is 11.1 Å². The number of aliphatic hydroxyl groups is 3. The van der Waals surface area contributed by atoms with Gasteiger partial charge in [-0.1, -0.05) is 30.3 Å². The van der Waals surface area contributed by atoms with Gasteiger partial charge in [0.05, 0.1) is 25.4 Å². The summed E-state index contributed by atoms with van der Waals surface area (Å²) in [4.78, 5) is 28.3. The van der Waals surface area contributed by atoms with E-state index in [2.05, 4.69) is 22.2 Å². The third-order valence-corrected chi connectivity index (χ3v) is 6.62. The van der Waals surface area contributed by atoms with Crippen LogP contribution in [-0.4, -0.2) is 109 Å². The molecule has 2 aliphatic rings. The summed E-state index contributed by atoms with van der Waals surface area (Å²) in [7, 11) is 0. The molecule has 210 valence electrons. The van der Waals surface area contributed by atoms with E-state index in [0.29, 0.717) is 23.1 Å². The third kappa shape index (κ3) is 8.51. The molecule has 0 amide bonds. The topological polar surface area (TPSA) is 227 Å². The molecule has 6 atom stereocenters. The van der Waals surface area contributed by atoms with Crippen molar-refractivity contribution in [2.75, 3.05) is 30.0 Å². The van der Waals surface area contributed by atoms with Crippen molar-refractivity contribution in [3.05, 3.63) is 5.15 Å². The van der Waals surface area contributed by atoms with Crippen LogP contribution in [0.25, 0.3) is 0 Å². The summed E-state index contributed by atoms with van der Waals surface area (Å²) in [6.45, 7) is 6.06. The van der Waals surface area contributed by atoms with Gasteiger partial charge in [0.1, 0.15) is 17.9 Å². The molecule has 37 heavy (non-hydrogen) atoms. The minimum atomic E-state index is -2.27. The van der Waals surface area contributed by atoms with Gasteiger partial charge in [0.2, 0.25) is 0 Å². The molecule has 1 saturated heterocycles. The van der Waals surface area contributed by atoms with E-state index in [0.717, 1.165) is 12.2 Å². The lowest BCUT2D eigenvalue weighted by Crippen LogP contribution is -2.39. The molecule has 0 unspecified atom stereocenters. The number of hydrogen-bond donors (Lipinski definition) is 7. The number of ether oxygens (including phenoxy) is 3. The lowest BCUT2D eigenvalue weighted by molar-refractivity contribution is -0.167. The van der Waals surface area contributed by atoms with E-state index in [1.165, 1.54) is 11.8 Å². The fraction of sp³-hybridized carbons (Fsp3) is 0.714. The van der Waals surface area contributed by atoms with Crippen LogP contribution in [0.2, 0.25) is 5.15 Å². The zero-order valence-electron chi connectivity index (χ0n) is 20.5. The number of nitrogens with two attached hydrogens (primary N) is 1. The van der Waals surface area contributed by atoms with Crippen LogP contribution in [0.1, 0.15) is 33.6 Å². The molecule has 1 aliphatic heterocycles. The maximum atomic E-state index is 9.77. The minimum absolute atomic E-state index is 0.0390. The largest absolute Gasteiger partial charge is 0.479 e. The first-order valence-corrected chi connectivity index (χ1v) is 12.8. The van der Waals surface area contributed by atoms with E-state index in [1.54, 1.807) is 0 Å². The van der Waals surface area contributed by atoms with Crippen LogP contribution in [0, 0.1) is 0 Å². The molecule has 1 saturated carbocycles. The van der Waals surface area contributed by atoms with Crippen molar-refractivity contribution in [2.24, 2.45) is 0 Å². The molecule has 0 spiro atoms. The molecule has 0 radical (unpaired) electrons. The van der Waals surface area contributed by atoms with Crippen molar-refractivity contribution in [1.29, 1.82) is 0 Å². The van der Waals surface area contributed by atoms with Crippen LogP contribution in [-0.2, 0) is 23.8 Å². The molecule has 0 bridgehead atoms. The van der Waals surface area contributed by atoms with E-state index in [-0.39, 0.29) is 42.7 Å². The minimum Gasteiger partial charge on any atom is -0.479 e. The second kappa shape index (κ2) is 13.7. The Kier molecular flexibility index (Phi) is 11.6. The number of anilines is 2. The number of aliphatic hydroxyl groups excluding tert-OH is 3. The molecule has 1 aromatic heterocycles. The smallest absolute Gasteiger partial charge is 0.335 e. The number of thioether (sulfide) groups is 1. The van der Waals surface area contributed by atoms with E-state index >= 15 is 0 Å². The molecule has 2 fully saturated rings. The monoisotopic (exact) mass is 568 g/mol. The van der Waals surface area contributed by atoms with E-state index < -0.39 is 29.9 Å². The van der Waals surface area contributed by atoms with Crippen molar-refractivity contribution < 1.29 is 49.3 Å². The van der Waals surface area contributed by atoms with Crippen molar-refractivity contribution in [3.63, 3.8) is 0 Å². The number of carboxylic acid groups (broad SMARTS) is 2. The molecular weight excluding hydrogens is 536 g/mol. The van der Waals surface area contributed by atoms with Crippen molar-refractivity contribution >= 4 is 46.8 Å². The molecule has 14 nitrogen and oxygen atoms in total. The summed E-state index contributed by atoms with van der Waals surface area (Å²) in [6.07, 6.45) is -3.51. The zero-order valence-corrected chi connectivity index (χ0v) is 22.1. The number of aliphatic carboxylic acids is 2. The fourth-order valence-electron chi connectivity index (χ4n) is 3.68. The number of nitrogens with zero attached hydrogens (tertiary/aromatic N) is 2. The third-order valence-electron chi connectivity index (χ3n) is 5.28. The molecule has 2 heterocycles. The molecular formula is C21H33ClN4O10S. The highest BCUT2D eigenvalue weighted by molar-refractivity contribution is 7.99. The summed E-state index contributed by atoms with van der Waals surface area (Å²) < 4.78 is 17.9. The number of aromatic nitrogens is 2. The Morgan fingerprint density at radius 1 is 1.22 bits per heavy atom. The number of nitrogen functional groups attached to an aromatic ring is 1. The summed E-state index contributed by atoms with van der Waals surface area (Å²) in [5, 5.41) is 45.8. The van der Waals surface area contributed by atoms with Gasteiger partial charge >= 0.3 is 11.9 Å². The van der Waals surface area contributed by atoms with Gasteiger partial charge in [-0.05, 0) is 26.7 Å². The number of hydrogen-bond acceptors (Lipinski definition) is 13. The summed E-state index contributed by atoms with van der Waals surface area (Å²) in [6, 6.07) is -0.113. The van der Waals surface area contributed by atoms with Crippen LogP contribution in [0.4, 0.5) is 11.5 Å².